The Morgan fingerprint density at radius 2 is 1.62 bits per heavy atom. The third-order valence-electron chi connectivity index (χ3n) is 13.5. The van der Waals surface area contributed by atoms with Crippen LogP contribution >= 0.6 is 0 Å². The Labute approximate surface area is 282 Å². The number of carbonyl (C=O) groups is 2. The summed E-state index contributed by atoms with van der Waals surface area (Å²) in [7, 11) is 0. The molecule has 4 aliphatic carbocycles. The van der Waals surface area contributed by atoms with E-state index in [-0.39, 0.29) is 31.0 Å². The lowest BCUT2D eigenvalue weighted by atomic mass is 9.38. The molecular formula is C36H56O12. The van der Waals surface area contributed by atoms with Crippen LogP contribution in [0.4, 0.5) is 0 Å². The number of rotatable bonds is 7. The van der Waals surface area contributed by atoms with Gasteiger partial charge in [0.1, 0.15) is 35.8 Å². The van der Waals surface area contributed by atoms with Gasteiger partial charge in [-0.15, -0.1) is 0 Å². The lowest BCUT2D eigenvalue weighted by Gasteiger charge is -2.65. The molecule has 0 amide bonds. The van der Waals surface area contributed by atoms with E-state index in [4.69, 9.17) is 9.47 Å². The van der Waals surface area contributed by atoms with Crippen LogP contribution in [0.5, 0.6) is 0 Å². The number of hydrogen-bond donors (Lipinski definition) is 8. The summed E-state index contributed by atoms with van der Waals surface area (Å²) in [4.78, 5) is 28.1. The predicted molar refractivity (Wildman–Crippen MR) is 172 cm³/mol. The zero-order valence-electron chi connectivity index (χ0n) is 29.3. The van der Waals surface area contributed by atoms with Gasteiger partial charge in [0.25, 0.3) is 0 Å². The standard InChI is InChI=1S/C36H56O12/c1-31(2,45)12-11-23(39)36(8,46)28-19(38)14-33(5)22-10-9-17-18(35(22,7)24(40)15-34(28,33)6)13-20(29(44)32(17,3)4)47-30-27(43)26(42)25(41)21(16-37)48-30/h9,11-12,18-22,25-30,37-38,41-46H,10,13-16H2,1-8H3. The van der Waals surface area contributed by atoms with Crippen LogP contribution < -0.4 is 0 Å². The van der Waals surface area contributed by atoms with Crippen molar-refractivity contribution in [2.24, 2.45) is 39.4 Å². The van der Waals surface area contributed by atoms with Crippen LogP contribution in [0.1, 0.15) is 81.1 Å². The van der Waals surface area contributed by atoms with E-state index >= 15 is 0 Å². The maximum absolute atomic E-state index is 14.7. The molecule has 8 N–H and O–H groups in total. The van der Waals surface area contributed by atoms with Crippen LogP contribution in [0.15, 0.2) is 23.8 Å². The van der Waals surface area contributed by atoms with Crippen molar-refractivity contribution in [3.8, 4) is 0 Å². The molecule has 4 fully saturated rings. The SMILES string of the molecule is CC(C)(O)C=CC(=O)C(C)(O)C1C(O)CC2(C)C3CC=C4C(CC(OC5OC(CO)C(O)C(O)C5O)C(O)C4(C)C)C3(C)C(=O)CC12C. The zero-order valence-corrected chi connectivity index (χ0v) is 29.3. The van der Waals surface area contributed by atoms with Gasteiger partial charge in [0, 0.05) is 23.2 Å². The molecule has 12 nitrogen and oxygen atoms in total. The second kappa shape index (κ2) is 12.0. The number of carbonyl (C=O) groups excluding carboxylic acids is 2. The molecule has 1 saturated heterocycles. The normalized spacial score (nSPS) is 48.7. The molecule has 5 rings (SSSR count). The second-order valence-electron chi connectivity index (χ2n) is 17.2. The van der Waals surface area contributed by atoms with Gasteiger partial charge in [-0.2, -0.15) is 0 Å². The van der Waals surface area contributed by atoms with Crippen molar-refractivity contribution in [1.82, 2.24) is 0 Å². The van der Waals surface area contributed by atoms with Gasteiger partial charge in [-0.3, -0.25) is 9.59 Å². The second-order valence-corrected chi connectivity index (χ2v) is 17.2. The van der Waals surface area contributed by atoms with Crippen molar-refractivity contribution >= 4 is 11.6 Å². The summed E-state index contributed by atoms with van der Waals surface area (Å²) >= 11 is 0. The van der Waals surface area contributed by atoms with Crippen LogP contribution in [0.25, 0.3) is 0 Å². The van der Waals surface area contributed by atoms with Gasteiger partial charge in [0.2, 0.25) is 0 Å². The predicted octanol–water partition coefficient (Wildman–Crippen LogP) is 0.545. The number of Topliss-reactive ketones (excluding diaryl/α,β-unsaturated/α-hetero) is 1. The molecule has 15 unspecified atom stereocenters. The molecule has 12 heteroatoms. The number of aliphatic hydroxyl groups excluding tert-OH is 6. The Bertz CT molecular complexity index is 1350. The van der Waals surface area contributed by atoms with Crippen LogP contribution in [0.3, 0.4) is 0 Å². The molecule has 0 radical (unpaired) electrons. The van der Waals surface area contributed by atoms with E-state index in [1.807, 2.05) is 34.6 Å². The number of hydrogen-bond acceptors (Lipinski definition) is 12. The van der Waals surface area contributed by atoms with E-state index in [2.05, 4.69) is 6.08 Å². The summed E-state index contributed by atoms with van der Waals surface area (Å²) in [6.45, 7) is 13.3. The third kappa shape index (κ3) is 5.41. The van der Waals surface area contributed by atoms with Gasteiger partial charge >= 0.3 is 0 Å². The van der Waals surface area contributed by atoms with E-state index in [0.29, 0.717) is 6.42 Å². The van der Waals surface area contributed by atoms with Crippen LogP contribution in [0.2, 0.25) is 0 Å². The minimum absolute atomic E-state index is 0.0120. The van der Waals surface area contributed by atoms with Gasteiger partial charge in [-0.25, -0.2) is 0 Å². The molecule has 0 aromatic carbocycles. The van der Waals surface area contributed by atoms with Crippen molar-refractivity contribution in [2.45, 2.75) is 141 Å². The van der Waals surface area contributed by atoms with Crippen molar-refractivity contribution in [2.75, 3.05) is 6.61 Å². The summed E-state index contributed by atoms with van der Waals surface area (Å²) in [5.41, 5.74) is -5.97. The smallest absolute Gasteiger partial charge is 0.187 e. The molecule has 15 atom stereocenters. The molecular weight excluding hydrogens is 624 g/mol. The largest absolute Gasteiger partial charge is 0.394 e. The summed E-state index contributed by atoms with van der Waals surface area (Å²) in [6.07, 6.45) is -5.31. The summed E-state index contributed by atoms with van der Waals surface area (Å²) in [5.74, 6) is -2.47. The Morgan fingerprint density at radius 3 is 2.21 bits per heavy atom. The summed E-state index contributed by atoms with van der Waals surface area (Å²) in [6, 6.07) is 0. The molecule has 0 spiro atoms. The molecule has 0 bridgehead atoms. The fourth-order valence-corrected chi connectivity index (χ4v) is 10.6. The molecule has 1 aliphatic heterocycles. The topological polar surface area (TPSA) is 214 Å². The quantitative estimate of drug-likeness (QED) is 0.137. The maximum atomic E-state index is 14.7. The summed E-state index contributed by atoms with van der Waals surface area (Å²) in [5, 5.41) is 86.2. The highest BCUT2D eigenvalue weighted by atomic mass is 16.7. The maximum Gasteiger partial charge on any atom is 0.187 e. The van der Waals surface area contributed by atoms with Crippen molar-refractivity contribution in [1.29, 1.82) is 0 Å². The minimum atomic E-state index is -2.03. The van der Waals surface area contributed by atoms with Gasteiger partial charge in [0.15, 0.2) is 12.1 Å². The minimum Gasteiger partial charge on any atom is -0.394 e. The average molecular weight is 681 g/mol. The van der Waals surface area contributed by atoms with Crippen LogP contribution in [-0.4, -0.2) is 119 Å². The first kappa shape index (κ1) is 37.7. The lowest BCUT2D eigenvalue weighted by molar-refractivity contribution is -0.323. The number of aliphatic hydroxyl groups is 8. The molecule has 0 aromatic rings. The van der Waals surface area contributed by atoms with Gasteiger partial charge in [-0.05, 0) is 68.8 Å². The monoisotopic (exact) mass is 680 g/mol. The molecule has 5 aliphatic rings. The number of ether oxygens (including phenoxy) is 2. The molecule has 48 heavy (non-hydrogen) atoms. The molecule has 3 saturated carbocycles. The van der Waals surface area contributed by atoms with Crippen molar-refractivity contribution < 1.29 is 59.9 Å². The first-order valence-corrected chi connectivity index (χ1v) is 17.1. The van der Waals surface area contributed by atoms with Crippen molar-refractivity contribution in [3.63, 3.8) is 0 Å². The Kier molecular flexibility index (Phi) is 9.42. The fourth-order valence-electron chi connectivity index (χ4n) is 10.6. The molecule has 1 heterocycles. The van der Waals surface area contributed by atoms with E-state index in [1.165, 1.54) is 26.8 Å². The first-order valence-electron chi connectivity index (χ1n) is 17.1. The van der Waals surface area contributed by atoms with Gasteiger partial charge < -0.3 is 50.3 Å². The van der Waals surface area contributed by atoms with Crippen molar-refractivity contribution in [3.05, 3.63) is 23.8 Å². The number of fused-ring (bicyclic) bond motifs is 5. The Morgan fingerprint density at radius 1 is 1.00 bits per heavy atom. The third-order valence-corrected chi connectivity index (χ3v) is 13.5. The van der Waals surface area contributed by atoms with Crippen LogP contribution in [-0.2, 0) is 19.1 Å². The fraction of sp³-hybridized carbons (Fsp3) is 0.833. The van der Waals surface area contributed by atoms with E-state index in [0.717, 1.165) is 11.6 Å². The Hall–Kier alpha value is -1.58. The highest BCUT2D eigenvalue weighted by Crippen LogP contribution is 2.74. The number of allylic oxidation sites excluding steroid dienone is 1. The van der Waals surface area contributed by atoms with E-state index < -0.39 is 106 Å². The molecule has 272 valence electrons. The summed E-state index contributed by atoms with van der Waals surface area (Å²) < 4.78 is 11.8. The number of ketones is 2. The van der Waals surface area contributed by atoms with Gasteiger partial charge in [-0.1, -0.05) is 52.3 Å². The molecule has 0 aromatic heterocycles. The first-order chi connectivity index (χ1) is 21.9. The zero-order chi connectivity index (χ0) is 36.2. The van der Waals surface area contributed by atoms with E-state index in [1.54, 1.807) is 0 Å². The average Bonchev–Trinajstić information content (AvgIpc) is 3.19. The highest BCUT2D eigenvalue weighted by Gasteiger charge is 2.74. The lowest BCUT2D eigenvalue weighted by Crippen LogP contribution is -2.66. The highest BCUT2D eigenvalue weighted by molar-refractivity contribution is 5.97. The van der Waals surface area contributed by atoms with E-state index in [9.17, 15) is 50.4 Å². The van der Waals surface area contributed by atoms with Gasteiger partial charge in [0.05, 0.1) is 30.5 Å². The Balaban J connectivity index is 1.50. The van der Waals surface area contributed by atoms with Crippen LogP contribution in [0, 0.1) is 39.4 Å².